The average molecular weight is 266 g/mol. The SMILES string of the molecule is COc1ccc(Cn2cc(Cl)cnc2=O)cc1N. The monoisotopic (exact) mass is 265 g/mol. The number of nitrogen functional groups attached to an aromatic ring is 1. The van der Waals surface area contributed by atoms with Gasteiger partial charge in [-0.25, -0.2) is 9.78 Å². The second-order valence-corrected chi connectivity index (χ2v) is 4.20. The predicted molar refractivity (Wildman–Crippen MR) is 70.0 cm³/mol. The smallest absolute Gasteiger partial charge is 0.347 e. The Morgan fingerprint density at radius 3 is 2.94 bits per heavy atom. The number of rotatable bonds is 3. The fourth-order valence-corrected chi connectivity index (χ4v) is 1.79. The molecule has 0 radical (unpaired) electrons. The van der Waals surface area contributed by atoms with Gasteiger partial charge < -0.3 is 10.5 Å². The first-order valence-corrected chi connectivity index (χ1v) is 5.62. The lowest BCUT2D eigenvalue weighted by Crippen LogP contribution is -2.22. The molecule has 0 spiro atoms. The molecule has 0 saturated heterocycles. The van der Waals surface area contributed by atoms with Crippen LogP contribution in [0.1, 0.15) is 5.56 Å². The zero-order valence-corrected chi connectivity index (χ0v) is 10.5. The number of benzene rings is 1. The highest BCUT2D eigenvalue weighted by Crippen LogP contribution is 2.22. The van der Waals surface area contributed by atoms with Gasteiger partial charge in [-0.05, 0) is 17.7 Å². The Bertz CT molecular complexity index is 625. The van der Waals surface area contributed by atoms with E-state index in [1.165, 1.54) is 17.0 Å². The van der Waals surface area contributed by atoms with Crippen LogP contribution in [0.2, 0.25) is 5.02 Å². The summed E-state index contributed by atoms with van der Waals surface area (Å²) in [7, 11) is 1.55. The van der Waals surface area contributed by atoms with Gasteiger partial charge in [-0.15, -0.1) is 0 Å². The van der Waals surface area contributed by atoms with E-state index in [1.54, 1.807) is 19.2 Å². The molecule has 0 saturated carbocycles. The number of ether oxygens (including phenoxy) is 1. The Morgan fingerprint density at radius 1 is 1.50 bits per heavy atom. The molecular weight excluding hydrogens is 254 g/mol. The molecule has 5 nitrogen and oxygen atoms in total. The maximum atomic E-state index is 11.5. The van der Waals surface area contributed by atoms with E-state index >= 15 is 0 Å². The first-order chi connectivity index (χ1) is 8.60. The summed E-state index contributed by atoms with van der Waals surface area (Å²) in [6, 6.07) is 5.35. The van der Waals surface area contributed by atoms with Crippen LogP contribution >= 0.6 is 11.6 Å². The Balaban J connectivity index is 2.31. The first-order valence-electron chi connectivity index (χ1n) is 5.24. The van der Waals surface area contributed by atoms with Crippen LogP contribution in [0.25, 0.3) is 0 Å². The van der Waals surface area contributed by atoms with Gasteiger partial charge in [-0.1, -0.05) is 17.7 Å². The topological polar surface area (TPSA) is 70.1 Å². The lowest BCUT2D eigenvalue weighted by molar-refractivity contribution is 0.417. The van der Waals surface area contributed by atoms with Crippen LogP contribution < -0.4 is 16.2 Å². The van der Waals surface area contributed by atoms with Gasteiger partial charge in [0, 0.05) is 6.20 Å². The van der Waals surface area contributed by atoms with Crippen molar-refractivity contribution >= 4 is 17.3 Å². The summed E-state index contributed by atoms with van der Waals surface area (Å²) in [6.07, 6.45) is 2.86. The van der Waals surface area contributed by atoms with E-state index < -0.39 is 0 Å². The maximum Gasteiger partial charge on any atom is 0.347 e. The Morgan fingerprint density at radius 2 is 2.28 bits per heavy atom. The van der Waals surface area contributed by atoms with E-state index in [1.807, 2.05) is 6.07 Å². The lowest BCUT2D eigenvalue weighted by atomic mass is 10.2. The average Bonchev–Trinajstić information content (AvgIpc) is 2.34. The molecule has 1 aromatic heterocycles. The molecule has 0 aliphatic carbocycles. The van der Waals surface area contributed by atoms with Gasteiger partial charge in [-0.3, -0.25) is 4.57 Å². The number of nitrogens with two attached hydrogens (primary N) is 1. The minimum absolute atomic E-state index is 0.353. The molecule has 2 N–H and O–H groups in total. The van der Waals surface area contributed by atoms with Gasteiger partial charge in [-0.2, -0.15) is 0 Å². The van der Waals surface area contributed by atoms with Crippen LogP contribution in [0.4, 0.5) is 5.69 Å². The molecule has 2 rings (SSSR count). The molecule has 0 atom stereocenters. The van der Waals surface area contributed by atoms with Crippen LogP contribution in [0, 0.1) is 0 Å². The molecule has 0 bridgehead atoms. The second kappa shape index (κ2) is 5.10. The lowest BCUT2D eigenvalue weighted by Gasteiger charge is -2.08. The number of halogens is 1. The van der Waals surface area contributed by atoms with E-state index in [0.717, 1.165) is 5.56 Å². The van der Waals surface area contributed by atoms with Gasteiger partial charge in [0.05, 0.1) is 30.6 Å². The van der Waals surface area contributed by atoms with Crippen molar-refractivity contribution in [3.8, 4) is 5.75 Å². The van der Waals surface area contributed by atoms with Gasteiger partial charge in [0.15, 0.2) is 0 Å². The molecule has 1 heterocycles. The molecule has 0 fully saturated rings. The van der Waals surface area contributed by atoms with Crippen LogP contribution in [0.15, 0.2) is 35.4 Å². The Labute approximate surface area is 109 Å². The van der Waals surface area contributed by atoms with E-state index in [-0.39, 0.29) is 5.69 Å². The summed E-state index contributed by atoms with van der Waals surface area (Å²) >= 11 is 5.80. The summed E-state index contributed by atoms with van der Waals surface area (Å²) < 4.78 is 6.49. The van der Waals surface area contributed by atoms with E-state index in [2.05, 4.69) is 4.98 Å². The number of hydrogen-bond acceptors (Lipinski definition) is 4. The number of aromatic nitrogens is 2. The predicted octanol–water partition coefficient (Wildman–Crippen LogP) is 1.54. The molecular formula is C12H12ClN3O2. The molecule has 18 heavy (non-hydrogen) atoms. The van der Waals surface area contributed by atoms with Crippen LogP contribution in [0.3, 0.4) is 0 Å². The van der Waals surface area contributed by atoms with Crippen molar-refractivity contribution in [3.63, 3.8) is 0 Å². The largest absolute Gasteiger partial charge is 0.495 e. The number of hydrogen-bond donors (Lipinski definition) is 1. The van der Waals surface area contributed by atoms with E-state index in [9.17, 15) is 4.79 Å². The molecule has 0 aliphatic rings. The zero-order chi connectivity index (χ0) is 13.1. The minimum atomic E-state index is -0.353. The van der Waals surface area contributed by atoms with Crippen molar-refractivity contribution in [2.45, 2.75) is 6.54 Å². The van der Waals surface area contributed by atoms with Crippen LogP contribution in [0.5, 0.6) is 5.75 Å². The third-order valence-electron chi connectivity index (χ3n) is 2.47. The molecule has 2 aromatic rings. The van der Waals surface area contributed by atoms with Gasteiger partial charge in [0.25, 0.3) is 0 Å². The fraction of sp³-hybridized carbons (Fsp3) is 0.167. The highest BCUT2D eigenvalue weighted by atomic mass is 35.5. The molecule has 1 aromatic carbocycles. The standard InChI is InChI=1S/C12H12ClN3O2/c1-18-11-3-2-8(4-10(11)14)6-16-7-9(13)5-15-12(16)17/h2-5,7H,6,14H2,1H3. The van der Waals surface area contributed by atoms with Crippen LogP contribution in [-0.4, -0.2) is 16.7 Å². The third-order valence-corrected chi connectivity index (χ3v) is 2.67. The maximum absolute atomic E-state index is 11.5. The zero-order valence-electron chi connectivity index (χ0n) is 9.76. The molecule has 0 unspecified atom stereocenters. The summed E-state index contributed by atoms with van der Waals surface area (Å²) in [6.45, 7) is 0.362. The molecule has 6 heteroatoms. The number of methoxy groups -OCH3 is 1. The summed E-state index contributed by atoms with van der Waals surface area (Å²) in [5, 5.41) is 0.413. The Kier molecular flexibility index (Phi) is 3.53. The van der Waals surface area contributed by atoms with Gasteiger partial charge in [0.2, 0.25) is 0 Å². The summed E-state index contributed by atoms with van der Waals surface area (Å²) in [5.41, 5.74) is 6.85. The molecule has 0 amide bonds. The first kappa shape index (κ1) is 12.4. The molecule has 94 valence electrons. The Hall–Kier alpha value is -2.01. The van der Waals surface area contributed by atoms with Crippen molar-refractivity contribution in [1.82, 2.24) is 9.55 Å². The van der Waals surface area contributed by atoms with Crippen molar-refractivity contribution in [2.75, 3.05) is 12.8 Å². The third kappa shape index (κ3) is 2.62. The van der Waals surface area contributed by atoms with E-state index in [4.69, 9.17) is 22.1 Å². The number of nitrogens with zero attached hydrogens (tertiary/aromatic N) is 2. The molecule has 0 aliphatic heterocycles. The van der Waals surface area contributed by atoms with Crippen molar-refractivity contribution in [1.29, 1.82) is 0 Å². The normalized spacial score (nSPS) is 10.3. The summed E-state index contributed by atoms with van der Waals surface area (Å²) in [5.74, 6) is 0.607. The fourth-order valence-electron chi connectivity index (χ4n) is 1.62. The number of anilines is 1. The van der Waals surface area contributed by atoms with Gasteiger partial charge in [0.1, 0.15) is 5.75 Å². The van der Waals surface area contributed by atoms with Crippen LogP contribution in [-0.2, 0) is 6.54 Å². The second-order valence-electron chi connectivity index (χ2n) is 3.76. The van der Waals surface area contributed by atoms with Crippen molar-refractivity contribution < 1.29 is 4.74 Å². The highest BCUT2D eigenvalue weighted by molar-refractivity contribution is 6.30. The quantitative estimate of drug-likeness (QED) is 0.855. The van der Waals surface area contributed by atoms with E-state index in [0.29, 0.717) is 23.0 Å². The van der Waals surface area contributed by atoms with Gasteiger partial charge >= 0.3 is 5.69 Å². The highest BCUT2D eigenvalue weighted by Gasteiger charge is 2.03. The minimum Gasteiger partial charge on any atom is -0.495 e. The van der Waals surface area contributed by atoms with Crippen molar-refractivity contribution in [3.05, 3.63) is 51.7 Å². The summed E-state index contributed by atoms with van der Waals surface area (Å²) in [4.78, 5) is 15.2. The van der Waals surface area contributed by atoms with Crippen molar-refractivity contribution in [2.24, 2.45) is 0 Å².